The van der Waals surface area contributed by atoms with E-state index in [2.05, 4.69) is 25.7 Å². The number of hydrogen-bond acceptors (Lipinski definition) is 2. The van der Waals surface area contributed by atoms with Gasteiger partial charge in [-0.05, 0) is 25.2 Å². The zero-order valence-electron chi connectivity index (χ0n) is 9.92. The fraction of sp³-hybridized carbons (Fsp3) is 1.00. The summed E-state index contributed by atoms with van der Waals surface area (Å²) in [6, 6.07) is 0.358. The van der Waals surface area contributed by atoms with E-state index in [1.807, 2.05) is 0 Å². The van der Waals surface area contributed by atoms with Crippen molar-refractivity contribution >= 4 is 0 Å². The Kier molecular flexibility index (Phi) is 4.39. The van der Waals surface area contributed by atoms with Gasteiger partial charge in [0, 0.05) is 19.1 Å². The van der Waals surface area contributed by atoms with Gasteiger partial charge in [-0.3, -0.25) is 4.90 Å². The van der Waals surface area contributed by atoms with Crippen LogP contribution in [-0.2, 0) is 0 Å². The van der Waals surface area contributed by atoms with E-state index >= 15 is 0 Å². The lowest BCUT2D eigenvalue weighted by Crippen LogP contribution is -2.59. The lowest BCUT2D eigenvalue weighted by molar-refractivity contribution is -0.0515. The number of rotatable bonds is 6. The molecule has 84 valence electrons. The summed E-state index contributed by atoms with van der Waals surface area (Å²) in [5.41, 5.74) is 0.590. The van der Waals surface area contributed by atoms with Crippen LogP contribution in [-0.4, -0.2) is 35.7 Å². The van der Waals surface area contributed by atoms with Crippen molar-refractivity contribution in [1.82, 2.24) is 4.90 Å². The third-order valence-electron chi connectivity index (χ3n) is 3.53. The maximum atomic E-state index is 9.06. The number of hydrogen-bond donors (Lipinski definition) is 1. The van der Waals surface area contributed by atoms with Gasteiger partial charge in [-0.2, -0.15) is 0 Å². The van der Waals surface area contributed by atoms with Crippen molar-refractivity contribution in [2.75, 3.05) is 19.7 Å². The molecule has 1 atom stereocenters. The van der Waals surface area contributed by atoms with E-state index in [1.54, 1.807) is 0 Å². The first-order valence-electron chi connectivity index (χ1n) is 6.02. The average Bonchev–Trinajstić information content (AvgIpc) is 2.12. The molecule has 1 heterocycles. The van der Waals surface area contributed by atoms with Gasteiger partial charge in [-0.25, -0.2) is 0 Å². The second-order valence-corrected chi connectivity index (χ2v) is 4.94. The van der Waals surface area contributed by atoms with Gasteiger partial charge in [0.15, 0.2) is 0 Å². The van der Waals surface area contributed by atoms with Crippen molar-refractivity contribution in [3.8, 4) is 0 Å². The van der Waals surface area contributed by atoms with E-state index in [0.717, 1.165) is 0 Å². The molecule has 0 bridgehead atoms. The number of aliphatic hydroxyl groups excluding tert-OH is 1. The Morgan fingerprint density at radius 2 is 1.71 bits per heavy atom. The zero-order chi connectivity index (χ0) is 10.6. The van der Waals surface area contributed by atoms with E-state index in [-0.39, 0.29) is 0 Å². The van der Waals surface area contributed by atoms with Gasteiger partial charge >= 0.3 is 0 Å². The lowest BCUT2D eigenvalue weighted by Gasteiger charge is -2.53. The Morgan fingerprint density at radius 3 is 2.07 bits per heavy atom. The van der Waals surface area contributed by atoms with Gasteiger partial charge in [0.1, 0.15) is 0 Å². The predicted molar refractivity (Wildman–Crippen MR) is 60.4 cm³/mol. The summed E-state index contributed by atoms with van der Waals surface area (Å²) in [7, 11) is 0. The molecule has 1 rings (SSSR count). The summed E-state index contributed by atoms with van der Waals surface area (Å²) < 4.78 is 0. The molecule has 0 spiro atoms. The minimum Gasteiger partial charge on any atom is -0.395 e. The highest BCUT2D eigenvalue weighted by Gasteiger charge is 2.42. The van der Waals surface area contributed by atoms with Gasteiger partial charge in [-0.15, -0.1) is 0 Å². The van der Waals surface area contributed by atoms with Crippen molar-refractivity contribution in [2.24, 2.45) is 5.41 Å². The van der Waals surface area contributed by atoms with Crippen LogP contribution in [0.3, 0.4) is 0 Å². The summed E-state index contributed by atoms with van der Waals surface area (Å²) in [4.78, 5) is 2.41. The molecule has 0 radical (unpaired) electrons. The van der Waals surface area contributed by atoms with Crippen LogP contribution in [0.2, 0.25) is 0 Å². The number of aliphatic hydroxyl groups is 1. The molecule has 0 saturated carbocycles. The Morgan fingerprint density at radius 1 is 1.21 bits per heavy atom. The summed E-state index contributed by atoms with van der Waals surface area (Å²) in [5.74, 6) is 0. The highest BCUT2D eigenvalue weighted by atomic mass is 16.3. The van der Waals surface area contributed by atoms with E-state index in [0.29, 0.717) is 18.1 Å². The molecule has 0 aromatic heterocycles. The monoisotopic (exact) mass is 199 g/mol. The van der Waals surface area contributed by atoms with E-state index < -0.39 is 0 Å². The van der Waals surface area contributed by atoms with Crippen LogP contribution in [0.15, 0.2) is 0 Å². The van der Waals surface area contributed by atoms with Crippen LogP contribution in [0.1, 0.15) is 46.5 Å². The molecule has 1 unspecified atom stereocenters. The molecule has 14 heavy (non-hydrogen) atoms. The quantitative estimate of drug-likeness (QED) is 0.709. The van der Waals surface area contributed by atoms with Crippen LogP contribution in [0, 0.1) is 5.41 Å². The van der Waals surface area contributed by atoms with Crippen molar-refractivity contribution in [1.29, 1.82) is 0 Å². The van der Waals surface area contributed by atoms with E-state index in [9.17, 15) is 0 Å². The highest BCUT2D eigenvalue weighted by Crippen LogP contribution is 2.40. The third kappa shape index (κ3) is 2.48. The second-order valence-electron chi connectivity index (χ2n) is 4.94. The second kappa shape index (κ2) is 5.13. The van der Waals surface area contributed by atoms with Crippen LogP contribution in [0.4, 0.5) is 0 Å². The Balaban J connectivity index is 2.38. The van der Waals surface area contributed by atoms with Gasteiger partial charge in [0.25, 0.3) is 0 Å². The standard InChI is InChI=1S/C12H25NO/c1-4-6-12(7-5-2)9-13(10-12)11(3)8-14/h11,14H,4-10H2,1-3H3. The van der Waals surface area contributed by atoms with Gasteiger partial charge in [0.2, 0.25) is 0 Å². The highest BCUT2D eigenvalue weighted by molar-refractivity contribution is 4.95. The van der Waals surface area contributed by atoms with Crippen molar-refractivity contribution in [3.63, 3.8) is 0 Å². The molecule has 0 aliphatic carbocycles. The average molecular weight is 199 g/mol. The lowest BCUT2D eigenvalue weighted by atomic mass is 9.72. The first kappa shape index (κ1) is 12.0. The number of nitrogens with zero attached hydrogens (tertiary/aromatic N) is 1. The van der Waals surface area contributed by atoms with Crippen molar-refractivity contribution in [3.05, 3.63) is 0 Å². The first-order chi connectivity index (χ1) is 6.67. The SMILES string of the molecule is CCCC1(CCC)CN(C(C)CO)C1. The fourth-order valence-corrected chi connectivity index (χ4v) is 2.74. The maximum Gasteiger partial charge on any atom is 0.0584 e. The molecule has 0 aromatic rings. The Bertz CT molecular complexity index is 156. The summed E-state index contributed by atoms with van der Waals surface area (Å²) in [6.07, 6.45) is 5.30. The normalized spacial score (nSPS) is 23.1. The van der Waals surface area contributed by atoms with Crippen LogP contribution in [0.25, 0.3) is 0 Å². The molecule has 0 aromatic carbocycles. The molecular weight excluding hydrogens is 174 g/mol. The van der Waals surface area contributed by atoms with E-state index in [4.69, 9.17) is 5.11 Å². The Hall–Kier alpha value is -0.0800. The summed E-state index contributed by atoms with van der Waals surface area (Å²) >= 11 is 0. The molecule has 0 amide bonds. The molecule has 1 aliphatic heterocycles. The topological polar surface area (TPSA) is 23.5 Å². The van der Waals surface area contributed by atoms with Gasteiger partial charge < -0.3 is 5.11 Å². The smallest absolute Gasteiger partial charge is 0.0584 e. The largest absolute Gasteiger partial charge is 0.395 e. The zero-order valence-corrected chi connectivity index (χ0v) is 9.92. The molecular formula is C12H25NO. The summed E-state index contributed by atoms with van der Waals surface area (Å²) in [6.45, 7) is 9.37. The molecule has 1 N–H and O–H groups in total. The molecule has 1 aliphatic rings. The summed E-state index contributed by atoms with van der Waals surface area (Å²) in [5, 5.41) is 9.06. The third-order valence-corrected chi connectivity index (χ3v) is 3.53. The molecule has 1 fully saturated rings. The van der Waals surface area contributed by atoms with Crippen molar-refractivity contribution in [2.45, 2.75) is 52.5 Å². The molecule has 2 heteroatoms. The predicted octanol–water partition coefficient (Wildman–Crippen LogP) is 2.27. The fourth-order valence-electron chi connectivity index (χ4n) is 2.74. The maximum absolute atomic E-state index is 9.06. The minimum absolute atomic E-state index is 0.300. The van der Waals surface area contributed by atoms with Crippen molar-refractivity contribution < 1.29 is 5.11 Å². The Labute approximate surface area is 88.3 Å². The minimum atomic E-state index is 0.300. The molecule has 2 nitrogen and oxygen atoms in total. The molecule has 1 saturated heterocycles. The van der Waals surface area contributed by atoms with Crippen LogP contribution in [0.5, 0.6) is 0 Å². The van der Waals surface area contributed by atoms with E-state index in [1.165, 1.54) is 38.8 Å². The first-order valence-corrected chi connectivity index (χ1v) is 6.02. The van der Waals surface area contributed by atoms with Crippen LogP contribution < -0.4 is 0 Å². The van der Waals surface area contributed by atoms with Gasteiger partial charge in [0.05, 0.1) is 6.61 Å². The number of likely N-dealkylation sites (tertiary alicyclic amines) is 1. The van der Waals surface area contributed by atoms with Gasteiger partial charge in [-0.1, -0.05) is 26.7 Å². The van der Waals surface area contributed by atoms with Crippen LogP contribution >= 0.6 is 0 Å².